The minimum atomic E-state index is -3.63. The lowest BCUT2D eigenvalue weighted by Gasteiger charge is -2.24. The quantitative estimate of drug-likeness (QED) is 0.827. The Morgan fingerprint density at radius 3 is 2.71 bits per heavy atom. The van der Waals surface area contributed by atoms with Crippen molar-refractivity contribution in [3.63, 3.8) is 0 Å². The van der Waals surface area contributed by atoms with Crippen molar-refractivity contribution in [3.05, 3.63) is 35.2 Å². The van der Waals surface area contributed by atoms with Crippen LogP contribution < -0.4 is 10.0 Å². The van der Waals surface area contributed by atoms with Crippen LogP contribution in [0.3, 0.4) is 0 Å². The van der Waals surface area contributed by atoms with Crippen molar-refractivity contribution >= 4 is 21.4 Å². The molecule has 0 bridgehead atoms. The first-order chi connectivity index (χ1) is 9.82. The Kier molecular flexibility index (Phi) is 2.98. The first kappa shape index (κ1) is 13.9. The highest BCUT2D eigenvalue weighted by atomic mass is 32.2. The van der Waals surface area contributed by atoms with E-state index in [0.29, 0.717) is 29.2 Å². The molecule has 1 aliphatic heterocycles. The first-order valence-electron chi connectivity index (χ1n) is 6.76. The Morgan fingerprint density at radius 2 is 2.10 bits per heavy atom. The number of aromatic amines is 1. The lowest BCUT2D eigenvalue weighted by Crippen LogP contribution is -2.36. The molecular formula is C14H18N4O2S. The van der Waals surface area contributed by atoms with Gasteiger partial charge in [0.15, 0.2) is 0 Å². The summed E-state index contributed by atoms with van der Waals surface area (Å²) in [6.45, 7) is 5.32. The normalized spacial score (nSPS) is 18.0. The van der Waals surface area contributed by atoms with Crippen molar-refractivity contribution in [1.82, 2.24) is 10.2 Å². The van der Waals surface area contributed by atoms with E-state index in [4.69, 9.17) is 5.73 Å². The topological polar surface area (TPSA) is 92.1 Å². The van der Waals surface area contributed by atoms with E-state index in [1.54, 1.807) is 26.0 Å². The molecule has 0 saturated carbocycles. The third-order valence-corrected chi connectivity index (χ3v) is 6.03. The maximum atomic E-state index is 13.0. The molecule has 1 aromatic heterocycles. The average Bonchev–Trinajstić information content (AvgIpc) is 2.88. The molecule has 3 N–H and O–H groups in total. The number of nitrogen functional groups attached to an aromatic ring is 1. The fourth-order valence-electron chi connectivity index (χ4n) is 3.01. The third-order valence-electron chi connectivity index (χ3n) is 3.83. The zero-order valence-electron chi connectivity index (χ0n) is 12.2. The lowest BCUT2D eigenvalue weighted by atomic mass is 10.1. The van der Waals surface area contributed by atoms with Crippen LogP contribution in [0.1, 0.15) is 23.9 Å². The van der Waals surface area contributed by atoms with Gasteiger partial charge in [0.25, 0.3) is 10.0 Å². The van der Waals surface area contributed by atoms with Crippen molar-refractivity contribution < 1.29 is 8.42 Å². The number of anilines is 2. The zero-order chi connectivity index (χ0) is 15.4. The van der Waals surface area contributed by atoms with E-state index in [1.807, 2.05) is 13.0 Å². The Labute approximate surface area is 124 Å². The van der Waals surface area contributed by atoms with Gasteiger partial charge in [-0.1, -0.05) is 0 Å². The Hall–Kier alpha value is -2.02. The number of nitrogens with two attached hydrogens (primary N) is 1. The maximum Gasteiger partial charge on any atom is 0.268 e. The van der Waals surface area contributed by atoms with Gasteiger partial charge in [-0.2, -0.15) is 5.10 Å². The highest BCUT2D eigenvalue weighted by Gasteiger charge is 2.38. The molecule has 112 valence electrons. The van der Waals surface area contributed by atoms with Gasteiger partial charge in [-0.05, 0) is 51.0 Å². The Bertz CT molecular complexity index is 791. The van der Waals surface area contributed by atoms with Crippen LogP contribution in [-0.2, 0) is 16.4 Å². The van der Waals surface area contributed by atoms with Gasteiger partial charge < -0.3 is 5.73 Å². The summed E-state index contributed by atoms with van der Waals surface area (Å²) in [7, 11) is -3.63. The van der Waals surface area contributed by atoms with E-state index >= 15 is 0 Å². The molecule has 1 aromatic carbocycles. The highest BCUT2D eigenvalue weighted by Crippen LogP contribution is 2.38. The van der Waals surface area contributed by atoms with Crippen LogP contribution in [-0.4, -0.2) is 24.7 Å². The molecule has 21 heavy (non-hydrogen) atoms. The van der Waals surface area contributed by atoms with Gasteiger partial charge in [-0.15, -0.1) is 0 Å². The summed E-state index contributed by atoms with van der Waals surface area (Å²) in [5.41, 5.74) is 9.16. The maximum absolute atomic E-state index is 13.0. The van der Waals surface area contributed by atoms with Crippen LogP contribution in [0.5, 0.6) is 0 Å². The first-order valence-corrected chi connectivity index (χ1v) is 8.20. The minimum absolute atomic E-state index is 0.138. The predicted octanol–water partition coefficient (Wildman–Crippen LogP) is 1.75. The summed E-state index contributed by atoms with van der Waals surface area (Å²) in [5, 5.41) is 6.74. The molecule has 1 aliphatic rings. The van der Waals surface area contributed by atoms with Gasteiger partial charge in [-0.25, -0.2) is 8.42 Å². The van der Waals surface area contributed by atoms with Crippen molar-refractivity contribution in [2.75, 3.05) is 10.0 Å². The number of rotatable bonds is 2. The second-order valence-corrected chi connectivity index (χ2v) is 7.26. The molecule has 0 fully saturated rings. The third kappa shape index (κ3) is 1.99. The lowest BCUT2D eigenvalue weighted by molar-refractivity contribution is 0.583. The number of fused-ring (bicyclic) bond motifs is 1. The van der Waals surface area contributed by atoms with Crippen molar-refractivity contribution in [1.29, 1.82) is 0 Å². The van der Waals surface area contributed by atoms with E-state index in [-0.39, 0.29) is 10.9 Å². The summed E-state index contributed by atoms with van der Waals surface area (Å²) in [6, 6.07) is 5.21. The van der Waals surface area contributed by atoms with Gasteiger partial charge in [0.1, 0.15) is 4.90 Å². The predicted molar refractivity (Wildman–Crippen MR) is 81.7 cm³/mol. The molecule has 1 atom stereocenters. The van der Waals surface area contributed by atoms with Crippen LogP contribution in [0.15, 0.2) is 23.1 Å². The second-order valence-electron chi connectivity index (χ2n) is 5.51. The highest BCUT2D eigenvalue weighted by molar-refractivity contribution is 7.93. The van der Waals surface area contributed by atoms with Crippen LogP contribution in [0.25, 0.3) is 0 Å². The van der Waals surface area contributed by atoms with Crippen molar-refractivity contribution in [3.8, 4) is 0 Å². The monoisotopic (exact) mass is 306 g/mol. The largest absolute Gasteiger partial charge is 0.399 e. The average molecular weight is 306 g/mol. The summed E-state index contributed by atoms with van der Waals surface area (Å²) in [5.74, 6) is 0. The number of hydrogen-bond acceptors (Lipinski definition) is 4. The summed E-state index contributed by atoms with van der Waals surface area (Å²) in [4.78, 5) is 0.263. The van der Waals surface area contributed by atoms with Gasteiger partial charge in [-0.3, -0.25) is 9.40 Å². The molecule has 3 rings (SSSR count). The summed E-state index contributed by atoms with van der Waals surface area (Å²) >= 11 is 0. The molecular weight excluding hydrogens is 288 g/mol. The number of nitrogens with zero attached hydrogens (tertiary/aromatic N) is 2. The number of aryl methyl sites for hydroxylation is 2. The van der Waals surface area contributed by atoms with E-state index < -0.39 is 10.0 Å². The van der Waals surface area contributed by atoms with Crippen LogP contribution in [0.2, 0.25) is 0 Å². The Morgan fingerprint density at radius 1 is 1.38 bits per heavy atom. The molecule has 2 heterocycles. The molecule has 0 aliphatic carbocycles. The SMILES string of the molecule is Cc1n[nH]c(C)c1S(=O)(=O)N1c2ccc(N)cc2CC1C. The number of aromatic nitrogens is 2. The summed E-state index contributed by atoms with van der Waals surface area (Å²) < 4.78 is 27.5. The van der Waals surface area contributed by atoms with Crippen molar-refractivity contribution in [2.24, 2.45) is 0 Å². The van der Waals surface area contributed by atoms with Gasteiger partial charge in [0.2, 0.25) is 0 Å². The van der Waals surface area contributed by atoms with E-state index in [9.17, 15) is 8.42 Å². The molecule has 1 unspecified atom stereocenters. The van der Waals surface area contributed by atoms with Gasteiger partial charge in [0, 0.05) is 11.7 Å². The summed E-state index contributed by atoms with van der Waals surface area (Å²) in [6.07, 6.45) is 0.662. The minimum Gasteiger partial charge on any atom is -0.399 e. The second kappa shape index (κ2) is 4.49. The van der Waals surface area contributed by atoms with Gasteiger partial charge >= 0.3 is 0 Å². The van der Waals surface area contributed by atoms with E-state index in [0.717, 1.165) is 5.56 Å². The molecule has 2 aromatic rings. The molecule has 0 amide bonds. The number of H-pyrrole nitrogens is 1. The Balaban J connectivity index is 2.17. The fourth-order valence-corrected chi connectivity index (χ4v) is 5.04. The molecule has 0 saturated heterocycles. The molecule has 0 spiro atoms. The number of hydrogen-bond donors (Lipinski definition) is 2. The number of benzene rings is 1. The van der Waals surface area contributed by atoms with Crippen LogP contribution in [0.4, 0.5) is 11.4 Å². The zero-order valence-corrected chi connectivity index (χ0v) is 13.0. The molecule has 7 heteroatoms. The number of nitrogens with one attached hydrogen (secondary N) is 1. The van der Waals surface area contributed by atoms with E-state index in [2.05, 4.69) is 10.2 Å². The standard InChI is InChI=1S/C14H18N4O2S/c1-8-6-11-7-12(15)4-5-13(11)18(8)21(19,20)14-9(2)16-17-10(14)3/h4-5,7-8H,6,15H2,1-3H3,(H,16,17). The van der Waals surface area contributed by atoms with Gasteiger partial charge in [0.05, 0.1) is 17.1 Å². The van der Waals surface area contributed by atoms with Crippen LogP contribution >= 0.6 is 0 Å². The van der Waals surface area contributed by atoms with E-state index in [1.165, 1.54) is 4.31 Å². The molecule has 6 nitrogen and oxygen atoms in total. The van der Waals surface area contributed by atoms with Crippen molar-refractivity contribution in [2.45, 2.75) is 38.1 Å². The van der Waals surface area contributed by atoms with Crippen LogP contribution in [0, 0.1) is 13.8 Å². The smallest absolute Gasteiger partial charge is 0.268 e. The number of sulfonamides is 1. The fraction of sp³-hybridized carbons (Fsp3) is 0.357. The molecule has 0 radical (unpaired) electrons.